The van der Waals surface area contributed by atoms with Gasteiger partial charge in [-0.3, -0.25) is 9.59 Å². The van der Waals surface area contributed by atoms with Crippen LogP contribution in [0.3, 0.4) is 0 Å². The first-order valence-corrected chi connectivity index (χ1v) is 7.71. The maximum absolute atomic E-state index is 11.6. The molecule has 0 aliphatic carbocycles. The molecular formula is C15H31F3N2O2. The fraction of sp³-hybridized carbons (Fsp3) is 0.867. The van der Waals surface area contributed by atoms with Gasteiger partial charge in [-0.05, 0) is 13.8 Å². The van der Waals surface area contributed by atoms with Crippen LogP contribution in [0.2, 0.25) is 0 Å². The van der Waals surface area contributed by atoms with Gasteiger partial charge in [0.25, 0.3) is 0 Å². The number of nitrogens with zero attached hydrogens (tertiary/aromatic N) is 2. The van der Waals surface area contributed by atoms with Crippen LogP contribution < -0.4 is 0 Å². The van der Waals surface area contributed by atoms with Crippen LogP contribution in [0.15, 0.2) is 0 Å². The fourth-order valence-electron chi connectivity index (χ4n) is 1.43. The lowest BCUT2D eigenvalue weighted by atomic mass is 10.4. The quantitative estimate of drug-likeness (QED) is 0.772. The van der Waals surface area contributed by atoms with Crippen molar-refractivity contribution in [1.82, 2.24) is 9.80 Å². The fourth-order valence-corrected chi connectivity index (χ4v) is 1.43. The molecule has 2 amide bonds. The van der Waals surface area contributed by atoms with Crippen molar-refractivity contribution in [1.29, 1.82) is 0 Å². The third-order valence-electron chi connectivity index (χ3n) is 2.56. The van der Waals surface area contributed by atoms with E-state index in [4.69, 9.17) is 0 Å². The molecule has 0 atom stereocenters. The van der Waals surface area contributed by atoms with Crippen molar-refractivity contribution in [3.63, 3.8) is 0 Å². The van der Waals surface area contributed by atoms with Gasteiger partial charge in [0.1, 0.15) is 6.54 Å². The second kappa shape index (κ2) is 14.7. The van der Waals surface area contributed by atoms with E-state index in [1.807, 2.05) is 39.5 Å². The van der Waals surface area contributed by atoms with E-state index in [-0.39, 0.29) is 12.3 Å². The van der Waals surface area contributed by atoms with Gasteiger partial charge in [-0.1, -0.05) is 27.7 Å². The topological polar surface area (TPSA) is 40.6 Å². The maximum Gasteiger partial charge on any atom is 0.406 e. The predicted molar refractivity (Wildman–Crippen MR) is 83.6 cm³/mol. The molecule has 0 N–H and O–H groups in total. The predicted octanol–water partition coefficient (Wildman–Crippen LogP) is 3.71. The van der Waals surface area contributed by atoms with Crippen LogP contribution in [0.4, 0.5) is 13.2 Å². The normalized spacial score (nSPS) is 9.73. The molecule has 0 unspecified atom stereocenters. The molecule has 0 spiro atoms. The van der Waals surface area contributed by atoms with Gasteiger partial charge in [0, 0.05) is 33.0 Å². The van der Waals surface area contributed by atoms with Crippen LogP contribution in [-0.2, 0) is 9.59 Å². The summed E-state index contributed by atoms with van der Waals surface area (Å²) in [6, 6.07) is 0. The summed E-state index contributed by atoms with van der Waals surface area (Å²) in [6.07, 6.45) is -3.56. The Morgan fingerprint density at radius 2 is 1.23 bits per heavy atom. The summed E-state index contributed by atoms with van der Waals surface area (Å²) in [5, 5.41) is 0. The molecule has 0 aromatic heterocycles. The SMILES string of the molecule is CC.CCC(=O)N(C)CC(F)(F)F.CCC(=O)N(CC)CC. The zero-order valence-electron chi connectivity index (χ0n) is 14.9. The number of amides is 2. The van der Waals surface area contributed by atoms with Gasteiger partial charge in [0.15, 0.2) is 0 Å². The van der Waals surface area contributed by atoms with E-state index in [1.54, 1.807) is 0 Å². The Kier molecular flexibility index (Phi) is 17.1. The standard InChI is InChI=1S/C7H15NO.C6H10F3NO.C2H6/c1-4-7(9)8(5-2)6-3;1-3-5(11)10(2)4-6(7,8)9;1-2/h4-6H2,1-3H3;3-4H2,1-2H3;1-2H3. The van der Waals surface area contributed by atoms with Crippen molar-refractivity contribution in [2.24, 2.45) is 0 Å². The Hall–Kier alpha value is -1.27. The van der Waals surface area contributed by atoms with E-state index in [1.165, 1.54) is 6.92 Å². The minimum atomic E-state index is -4.29. The first kappa shape index (κ1) is 25.7. The van der Waals surface area contributed by atoms with E-state index >= 15 is 0 Å². The van der Waals surface area contributed by atoms with Crippen molar-refractivity contribution in [3.8, 4) is 0 Å². The molecule has 0 aliphatic rings. The van der Waals surface area contributed by atoms with Crippen LogP contribution in [0.5, 0.6) is 0 Å². The lowest BCUT2D eigenvalue weighted by Gasteiger charge is -2.17. The molecule has 0 radical (unpaired) electrons. The molecule has 0 aromatic carbocycles. The molecular weight excluding hydrogens is 297 g/mol. The first-order valence-electron chi connectivity index (χ1n) is 7.71. The van der Waals surface area contributed by atoms with Gasteiger partial charge in [-0.15, -0.1) is 0 Å². The summed E-state index contributed by atoms with van der Waals surface area (Å²) in [5.41, 5.74) is 0. The summed E-state index contributed by atoms with van der Waals surface area (Å²) in [5.74, 6) is -0.248. The highest BCUT2D eigenvalue weighted by molar-refractivity contribution is 5.75. The average Bonchev–Trinajstić information content (AvgIpc) is 2.48. The molecule has 0 fully saturated rings. The summed E-state index contributed by atoms with van der Waals surface area (Å²) in [4.78, 5) is 24.0. The third-order valence-corrected chi connectivity index (χ3v) is 2.56. The van der Waals surface area contributed by atoms with Gasteiger partial charge in [-0.2, -0.15) is 13.2 Å². The Balaban J connectivity index is -0.000000299. The number of carbonyl (C=O) groups is 2. The van der Waals surface area contributed by atoms with Crippen LogP contribution in [0, 0.1) is 0 Å². The summed E-state index contributed by atoms with van der Waals surface area (Å²) < 4.78 is 34.8. The van der Waals surface area contributed by atoms with Crippen molar-refractivity contribution in [3.05, 3.63) is 0 Å². The highest BCUT2D eigenvalue weighted by Crippen LogP contribution is 2.15. The van der Waals surface area contributed by atoms with E-state index in [2.05, 4.69) is 0 Å². The Labute approximate surface area is 132 Å². The molecule has 134 valence electrons. The molecule has 7 heteroatoms. The molecule has 22 heavy (non-hydrogen) atoms. The van der Waals surface area contributed by atoms with Crippen molar-refractivity contribution in [2.45, 2.75) is 60.6 Å². The van der Waals surface area contributed by atoms with E-state index in [0.29, 0.717) is 11.3 Å². The van der Waals surface area contributed by atoms with Gasteiger partial charge in [0.05, 0.1) is 0 Å². The first-order chi connectivity index (χ1) is 10.1. The summed E-state index contributed by atoms with van der Waals surface area (Å²) in [6.45, 7) is 11.9. The molecule has 0 heterocycles. The third kappa shape index (κ3) is 15.1. The smallest absolute Gasteiger partial charge is 0.343 e. The van der Waals surface area contributed by atoms with Crippen molar-refractivity contribution >= 4 is 11.8 Å². The molecule has 0 aliphatic heterocycles. The van der Waals surface area contributed by atoms with E-state index in [0.717, 1.165) is 20.1 Å². The summed E-state index contributed by atoms with van der Waals surface area (Å²) in [7, 11) is 1.14. The number of halogens is 3. The largest absolute Gasteiger partial charge is 0.406 e. The monoisotopic (exact) mass is 328 g/mol. The molecule has 0 saturated heterocycles. The molecule has 0 aromatic rings. The molecule has 0 rings (SSSR count). The number of carbonyl (C=O) groups excluding carboxylic acids is 2. The number of alkyl halides is 3. The number of hydrogen-bond donors (Lipinski definition) is 0. The van der Waals surface area contributed by atoms with Crippen LogP contribution in [0.25, 0.3) is 0 Å². The Bertz CT molecular complexity index is 291. The van der Waals surface area contributed by atoms with Gasteiger partial charge >= 0.3 is 6.18 Å². The number of rotatable bonds is 5. The second-order valence-corrected chi connectivity index (χ2v) is 4.14. The summed E-state index contributed by atoms with van der Waals surface area (Å²) >= 11 is 0. The van der Waals surface area contributed by atoms with E-state index < -0.39 is 18.6 Å². The highest BCUT2D eigenvalue weighted by Gasteiger charge is 2.30. The van der Waals surface area contributed by atoms with Crippen LogP contribution >= 0.6 is 0 Å². The molecule has 0 saturated carbocycles. The van der Waals surface area contributed by atoms with Gasteiger partial charge < -0.3 is 9.80 Å². The van der Waals surface area contributed by atoms with Gasteiger partial charge in [0.2, 0.25) is 11.8 Å². The lowest BCUT2D eigenvalue weighted by Crippen LogP contribution is -2.35. The zero-order chi connectivity index (χ0) is 18.3. The van der Waals surface area contributed by atoms with Crippen LogP contribution in [0.1, 0.15) is 54.4 Å². The minimum Gasteiger partial charge on any atom is -0.343 e. The van der Waals surface area contributed by atoms with Crippen LogP contribution in [-0.4, -0.2) is 54.5 Å². The Morgan fingerprint density at radius 3 is 1.41 bits per heavy atom. The second-order valence-electron chi connectivity index (χ2n) is 4.14. The Morgan fingerprint density at radius 1 is 0.864 bits per heavy atom. The average molecular weight is 328 g/mol. The van der Waals surface area contributed by atoms with Crippen molar-refractivity contribution in [2.75, 3.05) is 26.7 Å². The zero-order valence-corrected chi connectivity index (χ0v) is 14.9. The highest BCUT2D eigenvalue weighted by atomic mass is 19.4. The number of hydrogen-bond acceptors (Lipinski definition) is 2. The minimum absolute atomic E-state index is 0.104. The van der Waals surface area contributed by atoms with E-state index in [9.17, 15) is 22.8 Å². The lowest BCUT2D eigenvalue weighted by molar-refractivity contribution is -0.158. The molecule has 0 bridgehead atoms. The molecule has 4 nitrogen and oxygen atoms in total. The maximum atomic E-state index is 11.6. The van der Waals surface area contributed by atoms with Gasteiger partial charge in [-0.25, -0.2) is 0 Å². The van der Waals surface area contributed by atoms with Crippen molar-refractivity contribution < 1.29 is 22.8 Å².